The number of carbonyl (C=O) groups excluding carboxylic acids is 2. The number of halogens is 1. The third-order valence-corrected chi connectivity index (χ3v) is 5.51. The van der Waals surface area contributed by atoms with Gasteiger partial charge in [0.15, 0.2) is 0 Å². The SMILES string of the molecule is Cl.NCCC(=O)Nc1cccc(-c2cc(-c3ccccc3O)nc(NC(=O)c3ccccc3)c2C(=O)O)c1. The second-order valence-electron chi connectivity index (χ2n) is 8.09. The molecule has 0 unspecified atom stereocenters. The smallest absolute Gasteiger partial charge is 0.340 e. The summed E-state index contributed by atoms with van der Waals surface area (Å²) in [6, 6.07) is 23.0. The highest BCUT2D eigenvalue weighted by Gasteiger charge is 2.23. The first-order valence-corrected chi connectivity index (χ1v) is 11.4. The van der Waals surface area contributed by atoms with Gasteiger partial charge in [0, 0.05) is 35.3 Å². The number of phenols is 1. The van der Waals surface area contributed by atoms with Gasteiger partial charge < -0.3 is 26.6 Å². The van der Waals surface area contributed by atoms with E-state index in [2.05, 4.69) is 15.6 Å². The van der Waals surface area contributed by atoms with E-state index >= 15 is 0 Å². The molecule has 0 aliphatic rings. The summed E-state index contributed by atoms with van der Waals surface area (Å²) in [5.74, 6) is -2.38. The summed E-state index contributed by atoms with van der Waals surface area (Å²) in [6.07, 6.45) is 0.132. The Hall–Kier alpha value is -4.73. The van der Waals surface area contributed by atoms with Gasteiger partial charge in [0.1, 0.15) is 17.1 Å². The van der Waals surface area contributed by atoms with Crippen molar-refractivity contribution in [2.75, 3.05) is 17.2 Å². The molecule has 0 fully saturated rings. The Kier molecular flexibility index (Phi) is 9.15. The lowest BCUT2D eigenvalue weighted by Crippen LogP contribution is -2.17. The zero-order valence-electron chi connectivity index (χ0n) is 20.0. The fraction of sp³-hybridized carbons (Fsp3) is 0.0714. The maximum Gasteiger partial charge on any atom is 0.340 e. The number of phenolic OH excluding ortho intramolecular Hbond substituents is 1. The third kappa shape index (κ3) is 6.33. The average Bonchev–Trinajstić information content (AvgIpc) is 2.89. The average molecular weight is 533 g/mol. The number of hydrogen-bond donors (Lipinski definition) is 5. The minimum atomic E-state index is -1.31. The van der Waals surface area contributed by atoms with Crippen molar-refractivity contribution in [2.24, 2.45) is 5.73 Å². The number of para-hydroxylation sites is 1. The van der Waals surface area contributed by atoms with Gasteiger partial charge in [-0.2, -0.15) is 0 Å². The maximum atomic E-state index is 12.9. The van der Waals surface area contributed by atoms with Crippen LogP contribution in [-0.4, -0.2) is 39.5 Å². The molecule has 1 aromatic heterocycles. The van der Waals surface area contributed by atoms with Crippen LogP contribution >= 0.6 is 12.4 Å². The number of rotatable bonds is 8. The number of nitrogens with two attached hydrogens (primary N) is 1. The predicted molar refractivity (Wildman–Crippen MR) is 148 cm³/mol. The number of aromatic hydroxyl groups is 1. The highest BCUT2D eigenvalue weighted by atomic mass is 35.5. The molecular formula is C28H25ClN4O5. The van der Waals surface area contributed by atoms with Gasteiger partial charge in [0.2, 0.25) is 5.91 Å². The Morgan fingerprint density at radius 1 is 0.842 bits per heavy atom. The summed E-state index contributed by atoms with van der Waals surface area (Å²) in [5.41, 5.74) is 7.27. The lowest BCUT2D eigenvalue weighted by atomic mass is 9.97. The number of nitrogens with one attached hydrogen (secondary N) is 2. The molecule has 0 radical (unpaired) electrons. The Bertz CT molecular complexity index is 1480. The summed E-state index contributed by atoms with van der Waals surface area (Å²) in [4.78, 5) is 41.9. The molecule has 10 heteroatoms. The summed E-state index contributed by atoms with van der Waals surface area (Å²) in [5, 5.41) is 26.0. The number of hydrogen-bond acceptors (Lipinski definition) is 6. The number of carboxylic acids is 1. The highest BCUT2D eigenvalue weighted by molar-refractivity contribution is 6.10. The molecule has 4 rings (SSSR count). The minimum absolute atomic E-state index is 0. The van der Waals surface area contributed by atoms with E-state index in [0.717, 1.165) is 0 Å². The van der Waals surface area contributed by atoms with Crippen LogP contribution in [-0.2, 0) is 4.79 Å². The molecule has 1 heterocycles. The minimum Gasteiger partial charge on any atom is -0.507 e. The van der Waals surface area contributed by atoms with E-state index in [1.165, 1.54) is 12.1 Å². The van der Waals surface area contributed by atoms with E-state index in [1.807, 2.05) is 0 Å². The zero-order valence-corrected chi connectivity index (χ0v) is 20.9. The van der Waals surface area contributed by atoms with Crippen molar-refractivity contribution < 1.29 is 24.6 Å². The van der Waals surface area contributed by atoms with Crippen LogP contribution in [0.3, 0.4) is 0 Å². The van der Waals surface area contributed by atoms with E-state index in [1.54, 1.807) is 72.8 Å². The van der Waals surface area contributed by atoms with Crippen molar-refractivity contribution in [3.8, 4) is 28.1 Å². The van der Waals surface area contributed by atoms with Crippen molar-refractivity contribution in [2.45, 2.75) is 6.42 Å². The van der Waals surface area contributed by atoms with Gasteiger partial charge in [-0.25, -0.2) is 9.78 Å². The number of aromatic carboxylic acids is 1. The first-order chi connectivity index (χ1) is 17.9. The predicted octanol–water partition coefficient (Wildman–Crippen LogP) is 4.78. The molecule has 4 aromatic rings. The number of carboxylic acid groups (broad SMARTS) is 1. The molecule has 0 aliphatic heterocycles. The normalized spacial score (nSPS) is 10.2. The largest absolute Gasteiger partial charge is 0.507 e. The number of amides is 2. The molecule has 2 amide bonds. The van der Waals surface area contributed by atoms with E-state index in [0.29, 0.717) is 22.4 Å². The monoisotopic (exact) mass is 532 g/mol. The molecule has 0 bridgehead atoms. The number of pyridine rings is 1. The van der Waals surface area contributed by atoms with Crippen LogP contribution in [0.2, 0.25) is 0 Å². The number of carbonyl (C=O) groups is 3. The number of benzene rings is 3. The standard InChI is InChI=1S/C28H24N4O5.ClH/c29-14-13-24(34)30-19-10-6-9-18(15-19)21-16-22(20-11-4-5-12-23(20)33)31-26(25(21)28(36)37)32-27(35)17-7-2-1-3-8-17;/h1-12,15-16,33H,13-14,29H2,(H,30,34)(H,36,37)(H,31,32,35);1H. The van der Waals surface area contributed by atoms with Gasteiger partial charge in [-0.05, 0) is 48.0 Å². The fourth-order valence-electron chi connectivity index (χ4n) is 3.80. The molecule has 0 spiro atoms. The third-order valence-electron chi connectivity index (χ3n) is 5.51. The Labute approximate surface area is 224 Å². The van der Waals surface area contributed by atoms with Crippen LogP contribution in [0.1, 0.15) is 27.1 Å². The molecule has 3 aromatic carbocycles. The maximum absolute atomic E-state index is 12.9. The van der Waals surface area contributed by atoms with Crippen molar-refractivity contribution >= 4 is 41.7 Å². The number of anilines is 2. The van der Waals surface area contributed by atoms with Crippen molar-refractivity contribution in [3.63, 3.8) is 0 Å². The van der Waals surface area contributed by atoms with Gasteiger partial charge in [0.05, 0.1) is 5.69 Å². The summed E-state index contributed by atoms with van der Waals surface area (Å²) in [7, 11) is 0. The lowest BCUT2D eigenvalue weighted by molar-refractivity contribution is -0.116. The van der Waals surface area contributed by atoms with Crippen LogP contribution < -0.4 is 16.4 Å². The van der Waals surface area contributed by atoms with Crippen LogP contribution in [0.4, 0.5) is 11.5 Å². The van der Waals surface area contributed by atoms with Crippen LogP contribution in [0, 0.1) is 0 Å². The highest BCUT2D eigenvalue weighted by Crippen LogP contribution is 2.36. The molecule has 6 N–H and O–H groups in total. The van der Waals surface area contributed by atoms with Crippen molar-refractivity contribution in [1.82, 2.24) is 4.98 Å². The van der Waals surface area contributed by atoms with Gasteiger partial charge in [-0.15, -0.1) is 12.4 Å². The van der Waals surface area contributed by atoms with E-state index in [9.17, 15) is 24.6 Å². The molecule has 0 aliphatic carbocycles. The molecule has 38 heavy (non-hydrogen) atoms. The van der Waals surface area contributed by atoms with Crippen LogP contribution in [0.15, 0.2) is 84.9 Å². The van der Waals surface area contributed by atoms with Gasteiger partial charge in [-0.3, -0.25) is 9.59 Å². The topological polar surface area (TPSA) is 155 Å². The summed E-state index contributed by atoms with van der Waals surface area (Å²) in [6.45, 7) is 0.188. The van der Waals surface area contributed by atoms with Crippen LogP contribution in [0.5, 0.6) is 5.75 Å². The van der Waals surface area contributed by atoms with E-state index in [4.69, 9.17) is 5.73 Å². The second-order valence-corrected chi connectivity index (χ2v) is 8.09. The Morgan fingerprint density at radius 2 is 1.55 bits per heavy atom. The van der Waals surface area contributed by atoms with Crippen LogP contribution in [0.25, 0.3) is 22.4 Å². The van der Waals surface area contributed by atoms with Crippen molar-refractivity contribution in [3.05, 3.63) is 96.1 Å². The lowest BCUT2D eigenvalue weighted by Gasteiger charge is -2.16. The molecule has 0 saturated heterocycles. The Morgan fingerprint density at radius 3 is 2.24 bits per heavy atom. The van der Waals surface area contributed by atoms with Gasteiger partial charge >= 0.3 is 5.97 Å². The zero-order chi connectivity index (χ0) is 26.4. The quantitative estimate of drug-likeness (QED) is 0.219. The molecule has 0 saturated carbocycles. The second kappa shape index (κ2) is 12.5. The number of aromatic nitrogens is 1. The molecular weight excluding hydrogens is 508 g/mol. The molecule has 9 nitrogen and oxygen atoms in total. The first-order valence-electron chi connectivity index (χ1n) is 11.4. The van der Waals surface area contributed by atoms with Crippen molar-refractivity contribution in [1.29, 1.82) is 0 Å². The Balaban J connectivity index is 0.00000400. The van der Waals surface area contributed by atoms with E-state index in [-0.39, 0.29) is 59.7 Å². The van der Waals surface area contributed by atoms with Gasteiger partial charge in [-0.1, -0.05) is 42.5 Å². The summed E-state index contributed by atoms with van der Waals surface area (Å²) >= 11 is 0. The fourth-order valence-corrected chi connectivity index (χ4v) is 3.80. The summed E-state index contributed by atoms with van der Waals surface area (Å²) < 4.78 is 0. The first kappa shape index (κ1) is 27.9. The number of nitrogens with zero attached hydrogens (tertiary/aromatic N) is 1. The molecule has 194 valence electrons. The molecule has 0 atom stereocenters. The van der Waals surface area contributed by atoms with E-state index < -0.39 is 11.9 Å². The van der Waals surface area contributed by atoms with Gasteiger partial charge in [0.25, 0.3) is 5.91 Å².